The molecule has 3 rings (SSSR count). The van der Waals surface area contributed by atoms with E-state index in [1.165, 1.54) is 7.11 Å². The number of ether oxygens (including phenoxy) is 2. The molecule has 0 unspecified atom stereocenters. The molecule has 0 atom stereocenters. The first-order valence-electron chi connectivity index (χ1n) is 7.36. The summed E-state index contributed by atoms with van der Waals surface area (Å²) >= 11 is 0. The molecule has 6 nitrogen and oxygen atoms in total. The van der Waals surface area contributed by atoms with Gasteiger partial charge in [-0.1, -0.05) is 18.2 Å². The van der Waals surface area contributed by atoms with Gasteiger partial charge in [0.25, 0.3) is 5.91 Å². The summed E-state index contributed by atoms with van der Waals surface area (Å²) in [5, 5.41) is 7.15. The minimum absolute atomic E-state index is 0.278. The predicted octanol–water partition coefficient (Wildman–Crippen LogP) is 3.14. The molecule has 24 heavy (non-hydrogen) atoms. The number of aromatic nitrogens is 2. The van der Waals surface area contributed by atoms with Gasteiger partial charge in [-0.25, -0.2) is 4.68 Å². The second-order valence-corrected chi connectivity index (χ2v) is 5.00. The van der Waals surface area contributed by atoms with Crippen LogP contribution in [0.4, 0.5) is 5.69 Å². The van der Waals surface area contributed by atoms with Crippen molar-refractivity contribution in [3.8, 4) is 17.3 Å². The van der Waals surface area contributed by atoms with Crippen molar-refractivity contribution in [2.24, 2.45) is 0 Å². The first kappa shape index (κ1) is 15.6. The van der Waals surface area contributed by atoms with Gasteiger partial charge in [0.2, 0.25) is 5.88 Å². The number of rotatable bonds is 5. The molecule has 1 amide bonds. The highest BCUT2D eigenvalue weighted by Gasteiger charge is 2.17. The molecule has 0 bridgehead atoms. The zero-order valence-electron chi connectivity index (χ0n) is 13.4. The number of methoxy groups -OCH3 is 2. The summed E-state index contributed by atoms with van der Waals surface area (Å²) in [5.74, 6) is 0.822. The molecular weight excluding hydrogens is 306 g/mol. The lowest BCUT2D eigenvalue weighted by molar-refractivity contribution is 0.101. The summed E-state index contributed by atoms with van der Waals surface area (Å²) < 4.78 is 11.8. The number of amides is 1. The molecule has 0 radical (unpaired) electrons. The fourth-order valence-corrected chi connectivity index (χ4v) is 2.26. The average Bonchev–Trinajstić information content (AvgIpc) is 3.08. The van der Waals surface area contributed by atoms with E-state index < -0.39 is 0 Å². The molecule has 1 aromatic heterocycles. The Kier molecular flexibility index (Phi) is 4.47. The Labute approximate surface area is 139 Å². The van der Waals surface area contributed by atoms with Crippen LogP contribution in [0.15, 0.2) is 60.7 Å². The molecule has 6 heteroatoms. The summed E-state index contributed by atoms with van der Waals surface area (Å²) in [6.07, 6.45) is 0. The monoisotopic (exact) mass is 323 g/mol. The Morgan fingerprint density at radius 3 is 2.33 bits per heavy atom. The topological polar surface area (TPSA) is 65.4 Å². The van der Waals surface area contributed by atoms with Crippen LogP contribution in [-0.4, -0.2) is 29.9 Å². The first-order chi connectivity index (χ1) is 11.7. The van der Waals surface area contributed by atoms with E-state index in [-0.39, 0.29) is 5.91 Å². The van der Waals surface area contributed by atoms with Gasteiger partial charge in [-0.2, -0.15) is 0 Å². The summed E-state index contributed by atoms with van der Waals surface area (Å²) in [5.41, 5.74) is 1.83. The number of carbonyl (C=O) groups excluding carboxylic acids is 1. The highest BCUT2D eigenvalue weighted by Crippen LogP contribution is 2.20. The number of hydrogen-bond acceptors (Lipinski definition) is 4. The fraction of sp³-hybridized carbons (Fsp3) is 0.111. The minimum atomic E-state index is -0.278. The number of nitrogens with zero attached hydrogens (tertiary/aromatic N) is 2. The maximum atomic E-state index is 12.6. The van der Waals surface area contributed by atoms with Gasteiger partial charge in [-0.3, -0.25) is 4.79 Å². The maximum absolute atomic E-state index is 12.6. The van der Waals surface area contributed by atoms with E-state index in [9.17, 15) is 4.79 Å². The Hall–Kier alpha value is -3.28. The van der Waals surface area contributed by atoms with E-state index in [1.807, 2.05) is 30.3 Å². The van der Waals surface area contributed by atoms with Gasteiger partial charge in [0.15, 0.2) is 0 Å². The number of hydrogen-bond donors (Lipinski definition) is 1. The van der Waals surface area contributed by atoms with Gasteiger partial charge >= 0.3 is 0 Å². The lowest BCUT2D eigenvalue weighted by Crippen LogP contribution is -2.16. The van der Waals surface area contributed by atoms with Gasteiger partial charge in [0.1, 0.15) is 11.4 Å². The first-order valence-corrected chi connectivity index (χ1v) is 7.36. The van der Waals surface area contributed by atoms with Gasteiger partial charge in [-0.15, -0.1) is 5.10 Å². The summed E-state index contributed by atoms with van der Waals surface area (Å²) in [6.45, 7) is 0. The van der Waals surface area contributed by atoms with Crippen molar-refractivity contribution in [2.75, 3.05) is 19.5 Å². The third kappa shape index (κ3) is 3.22. The van der Waals surface area contributed by atoms with Crippen LogP contribution in [0.3, 0.4) is 0 Å². The number of nitrogens with one attached hydrogen (secondary N) is 1. The number of anilines is 1. The summed E-state index contributed by atoms with van der Waals surface area (Å²) in [4.78, 5) is 12.6. The van der Waals surface area contributed by atoms with Crippen molar-refractivity contribution >= 4 is 11.6 Å². The Morgan fingerprint density at radius 2 is 1.71 bits per heavy atom. The Bertz CT molecular complexity index is 826. The van der Waals surface area contributed by atoms with Crippen LogP contribution >= 0.6 is 0 Å². The molecule has 0 saturated heterocycles. The molecule has 0 fully saturated rings. The Balaban J connectivity index is 1.90. The lowest BCUT2D eigenvalue weighted by atomic mass is 10.2. The zero-order valence-corrected chi connectivity index (χ0v) is 13.4. The molecule has 0 spiro atoms. The van der Waals surface area contributed by atoms with Crippen molar-refractivity contribution in [3.05, 3.63) is 66.4 Å². The van der Waals surface area contributed by atoms with E-state index in [4.69, 9.17) is 9.47 Å². The SMILES string of the molecule is COc1ccc(NC(=O)c2cc(OC)nn2-c2ccccc2)cc1. The zero-order chi connectivity index (χ0) is 16.9. The summed E-state index contributed by atoms with van der Waals surface area (Å²) in [7, 11) is 3.11. The van der Waals surface area contributed by atoms with E-state index in [2.05, 4.69) is 10.4 Å². The van der Waals surface area contributed by atoms with E-state index in [0.29, 0.717) is 17.3 Å². The molecule has 0 saturated carbocycles. The van der Waals surface area contributed by atoms with Crippen LogP contribution in [-0.2, 0) is 0 Å². The smallest absolute Gasteiger partial charge is 0.274 e. The number of benzene rings is 2. The molecule has 0 aliphatic carbocycles. The fourth-order valence-electron chi connectivity index (χ4n) is 2.26. The third-order valence-electron chi connectivity index (χ3n) is 3.48. The van der Waals surface area contributed by atoms with Gasteiger partial charge < -0.3 is 14.8 Å². The van der Waals surface area contributed by atoms with Crippen LogP contribution in [0.5, 0.6) is 11.6 Å². The molecule has 0 aliphatic heterocycles. The van der Waals surface area contributed by atoms with Crippen LogP contribution in [0.1, 0.15) is 10.5 Å². The van der Waals surface area contributed by atoms with Crippen LogP contribution in [0.25, 0.3) is 5.69 Å². The van der Waals surface area contributed by atoms with Crippen molar-refractivity contribution in [1.29, 1.82) is 0 Å². The maximum Gasteiger partial charge on any atom is 0.274 e. The van der Waals surface area contributed by atoms with Crippen molar-refractivity contribution < 1.29 is 14.3 Å². The molecule has 1 N–H and O–H groups in total. The van der Waals surface area contributed by atoms with E-state index in [1.54, 1.807) is 42.1 Å². The summed E-state index contributed by atoms with van der Waals surface area (Å²) in [6, 6.07) is 18.1. The molecule has 1 heterocycles. The van der Waals surface area contributed by atoms with Gasteiger partial charge in [0.05, 0.1) is 19.9 Å². The predicted molar refractivity (Wildman–Crippen MR) is 91.1 cm³/mol. The average molecular weight is 323 g/mol. The lowest BCUT2D eigenvalue weighted by Gasteiger charge is -2.08. The largest absolute Gasteiger partial charge is 0.497 e. The van der Waals surface area contributed by atoms with Gasteiger partial charge in [0, 0.05) is 11.8 Å². The van der Waals surface area contributed by atoms with E-state index >= 15 is 0 Å². The second kappa shape index (κ2) is 6.87. The van der Waals surface area contributed by atoms with Crippen LogP contribution in [0.2, 0.25) is 0 Å². The standard InChI is InChI=1S/C18H17N3O3/c1-23-15-10-8-13(9-11-15)19-18(22)16-12-17(24-2)20-21(16)14-6-4-3-5-7-14/h3-12H,1-2H3,(H,19,22). The molecule has 3 aromatic rings. The highest BCUT2D eigenvalue weighted by atomic mass is 16.5. The second-order valence-electron chi connectivity index (χ2n) is 5.00. The van der Waals surface area contributed by atoms with Crippen molar-refractivity contribution in [3.63, 3.8) is 0 Å². The van der Waals surface area contributed by atoms with Crippen molar-refractivity contribution in [1.82, 2.24) is 9.78 Å². The quantitative estimate of drug-likeness (QED) is 0.783. The third-order valence-corrected chi connectivity index (χ3v) is 3.48. The van der Waals surface area contributed by atoms with E-state index in [0.717, 1.165) is 11.4 Å². The van der Waals surface area contributed by atoms with Gasteiger partial charge in [-0.05, 0) is 36.4 Å². The normalized spacial score (nSPS) is 10.2. The van der Waals surface area contributed by atoms with Crippen molar-refractivity contribution in [2.45, 2.75) is 0 Å². The number of carbonyl (C=O) groups is 1. The number of para-hydroxylation sites is 1. The van der Waals surface area contributed by atoms with Crippen LogP contribution < -0.4 is 14.8 Å². The highest BCUT2D eigenvalue weighted by molar-refractivity contribution is 6.03. The molecule has 0 aliphatic rings. The minimum Gasteiger partial charge on any atom is -0.497 e. The van der Waals surface area contributed by atoms with Crippen LogP contribution in [0, 0.1) is 0 Å². The Morgan fingerprint density at radius 1 is 1.00 bits per heavy atom. The molecule has 122 valence electrons. The molecule has 2 aromatic carbocycles. The molecular formula is C18H17N3O3.